The van der Waals surface area contributed by atoms with E-state index in [4.69, 9.17) is 14.1 Å². The van der Waals surface area contributed by atoms with Crippen LogP contribution in [-0.4, -0.2) is 34.0 Å². The van der Waals surface area contributed by atoms with Crippen molar-refractivity contribution in [2.75, 3.05) is 14.2 Å². The highest BCUT2D eigenvalue weighted by Gasteiger charge is 2.56. The molecule has 2 fully saturated rings. The molecule has 0 aliphatic heterocycles. The van der Waals surface area contributed by atoms with E-state index in [0.29, 0.717) is 17.8 Å². The average molecular weight is 415 g/mol. The number of aryl methyl sites for hydroxylation is 1. The van der Waals surface area contributed by atoms with Gasteiger partial charge in [-0.2, -0.15) is 0 Å². The highest BCUT2D eigenvalue weighted by molar-refractivity contribution is 6.70. The van der Waals surface area contributed by atoms with E-state index in [0.717, 1.165) is 36.4 Å². The Morgan fingerprint density at radius 2 is 1.83 bits per heavy atom. The topological polar surface area (TPSA) is 52.4 Å². The zero-order valence-electron chi connectivity index (χ0n) is 18.6. The van der Waals surface area contributed by atoms with E-state index in [1.54, 1.807) is 14.2 Å². The lowest BCUT2D eigenvalue weighted by molar-refractivity contribution is 0.0945. The van der Waals surface area contributed by atoms with Crippen molar-refractivity contribution in [1.29, 1.82) is 0 Å². The van der Waals surface area contributed by atoms with E-state index < -0.39 is 8.32 Å². The fraction of sp³-hybridized carbons (Fsp3) is 0.652. The number of fused-ring (bicyclic) bond motifs is 5. The first-order chi connectivity index (χ1) is 13.8. The Hall–Kier alpha value is -1.82. The third kappa shape index (κ3) is 3.60. The van der Waals surface area contributed by atoms with E-state index in [1.165, 1.54) is 24.0 Å². The van der Waals surface area contributed by atoms with Gasteiger partial charge in [-0.15, -0.1) is 0 Å². The summed E-state index contributed by atoms with van der Waals surface area (Å²) in [4.78, 5) is 10.3. The Labute approximate surface area is 175 Å². The smallest absolute Gasteiger partial charge is 0.242 e. The first kappa shape index (κ1) is 20.4. The molecule has 158 valence electrons. The van der Waals surface area contributed by atoms with Gasteiger partial charge < -0.3 is 14.1 Å². The molecule has 0 radical (unpaired) electrons. The maximum Gasteiger partial charge on any atom is 0.242 e. The minimum absolute atomic E-state index is 0.0208. The van der Waals surface area contributed by atoms with Gasteiger partial charge >= 0.3 is 0 Å². The summed E-state index contributed by atoms with van der Waals surface area (Å²) < 4.78 is 6.25. The quantitative estimate of drug-likeness (QED) is 0.491. The molecule has 1 aromatic rings. The predicted octanol–water partition coefficient (Wildman–Crippen LogP) is 5.37. The number of benzene rings is 1. The second-order valence-corrected chi connectivity index (χ2v) is 14.4. The molecule has 0 amide bonds. The third-order valence-corrected chi connectivity index (χ3v) is 7.97. The lowest BCUT2D eigenvalue weighted by Crippen LogP contribution is -2.42. The van der Waals surface area contributed by atoms with Gasteiger partial charge in [0.05, 0.1) is 0 Å². The summed E-state index contributed by atoms with van der Waals surface area (Å²) in [5.41, 5.74) is 5.00. The molecule has 0 spiro atoms. The molecule has 0 N–H and O–H groups in total. The molecule has 0 bridgehead atoms. The van der Waals surface area contributed by atoms with Crippen molar-refractivity contribution in [1.82, 2.24) is 0 Å². The largest absolute Gasteiger partial charge is 0.544 e. The molecule has 0 saturated heterocycles. The van der Waals surface area contributed by atoms with Crippen LogP contribution in [0.1, 0.15) is 49.7 Å². The Morgan fingerprint density at radius 3 is 2.52 bits per heavy atom. The number of hydrogen-bond donors (Lipinski definition) is 0. The fourth-order valence-corrected chi connectivity index (χ4v) is 6.87. The second-order valence-electron chi connectivity index (χ2n) is 9.99. The first-order valence-corrected chi connectivity index (χ1v) is 14.2. The van der Waals surface area contributed by atoms with Crippen molar-refractivity contribution in [3.63, 3.8) is 0 Å². The van der Waals surface area contributed by atoms with E-state index in [-0.39, 0.29) is 5.41 Å². The number of nitrogens with zero attached hydrogens (tertiary/aromatic N) is 2. The average Bonchev–Trinajstić information content (AvgIpc) is 2.93. The van der Waals surface area contributed by atoms with E-state index >= 15 is 0 Å². The first-order valence-electron chi connectivity index (χ1n) is 10.8. The van der Waals surface area contributed by atoms with Gasteiger partial charge in [0.1, 0.15) is 31.4 Å². The fourth-order valence-electron chi connectivity index (χ4n) is 6.04. The number of rotatable bonds is 4. The standard InChI is InChI=1S/C23H34N2O3Si/c1-23-12-11-18-17-10-8-16(28-29(4,5)6)13-15(17)7-9-19(18)20(23)14-21(24-26-2)22(23)25-27-3/h8,10,13,18-20H,7,9,11-12,14H2,1-6H3/b24-21-,25-22-/t18-,19-,20+,23+/m1/s1. The van der Waals surface area contributed by atoms with Gasteiger partial charge in [0.15, 0.2) is 0 Å². The van der Waals surface area contributed by atoms with Gasteiger partial charge in [-0.1, -0.05) is 23.3 Å². The molecular weight excluding hydrogens is 380 g/mol. The normalized spacial score (nSPS) is 33.8. The summed E-state index contributed by atoms with van der Waals surface area (Å²) in [6.07, 6.45) is 5.56. The summed E-state index contributed by atoms with van der Waals surface area (Å²) >= 11 is 0. The van der Waals surface area contributed by atoms with Crippen LogP contribution in [0, 0.1) is 17.3 Å². The molecule has 5 nitrogen and oxygen atoms in total. The van der Waals surface area contributed by atoms with Gasteiger partial charge in [0.2, 0.25) is 8.32 Å². The molecule has 4 atom stereocenters. The van der Waals surface area contributed by atoms with Crippen molar-refractivity contribution in [2.45, 2.75) is 64.6 Å². The Kier molecular flexibility index (Phi) is 5.26. The summed E-state index contributed by atoms with van der Waals surface area (Å²) in [5, 5.41) is 8.71. The van der Waals surface area contributed by atoms with Crippen molar-refractivity contribution in [3.8, 4) is 5.75 Å². The van der Waals surface area contributed by atoms with Crippen LogP contribution in [-0.2, 0) is 16.1 Å². The lowest BCUT2D eigenvalue weighted by Gasteiger charge is -2.48. The summed E-state index contributed by atoms with van der Waals surface area (Å²) in [6, 6.07) is 6.84. The van der Waals surface area contributed by atoms with E-state index in [2.05, 4.69) is 55.1 Å². The SMILES string of the molecule is CO/N=C1/C[C@H]2[C@@H]3CCc4cc(O[Si](C)(C)C)ccc4[C@H]3CC[C@]2(C)/C1=N\OC. The highest BCUT2D eigenvalue weighted by atomic mass is 28.4. The molecule has 2 saturated carbocycles. The minimum atomic E-state index is -1.59. The zero-order chi connectivity index (χ0) is 20.8. The molecule has 4 rings (SSSR count). The number of hydrogen-bond acceptors (Lipinski definition) is 5. The van der Waals surface area contributed by atoms with Gasteiger partial charge in [-0.05, 0) is 92.8 Å². The van der Waals surface area contributed by atoms with Crippen LogP contribution in [0.2, 0.25) is 19.6 Å². The van der Waals surface area contributed by atoms with Gasteiger partial charge in [0.25, 0.3) is 0 Å². The maximum absolute atomic E-state index is 6.25. The highest BCUT2D eigenvalue weighted by Crippen LogP contribution is 2.59. The van der Waals surface area contributed by atoms with Crippen LogP contribution < -0.4 is 4.43 Å². The predicted molar refractivity (Wildman–Crippen MR) is 119 cm³/mol. The summed E-state index contributed by atoms with van der Waals surface area (Å²) in [5.74, 6) is 2.85. The van der Waals surface area contributed by atoms with Crippen LogP contribution >= 0.6 is 0 Å². The van der Waals surface area contributed by atoms with E-state index in [9.17, 15) is 0 Å². The van der Waals surface area contributed by atoms with Gasteiger partial charge in [0, 0.05) is 5.41 Å². The molecule has 6 heteroatoms. The van der Waals surface area contributed by atoms with Crippen molar-refractivity contribution >= 4 is 19.7 Å². The lowest BCUT2D eigenvalue weighted by atomic mass is 9.55. The van der Waals surface area contributed by atoms with Crippen molar-refractivity contribution < 1.29 is 14.1 Å². The molecule has 29 heavy (non-hydrogen) atoms. The maximum atomic E-state index is 6.25. The molecule has 3 aliphatic rings. The monoisotopic (exact) mass is 414 g/mol. The third-order valence-electron chi connectivity index (χ3n) is 7.12. The number of oxime groups is 2. The van der Waals surface area contributed by atoms with Crippen LogP contribution in [0.15, 0.2) is 28.5 Å². The molecule has 3 aliphatic carbocycles. The Bertz CT molecular complexity index is 845. The van der Waals surface area contributed by atoms with Crippen LogP contribution in [0.25, 0.3) is 0 Å². The minimum Gasteiger partial charge on any atom is -0.544 e. The molecule has 1 aromatic carbocycles. The van der Waals surface area contributed by atoms with Gasteiger partial charge in [-0.3, -0.25) is 0 Å². The van der Waals surface area contributed by atoms with E-state index in [1.807, 2.05) is 0 Å². The van der Waals surface area contributed by atoms with Crippen LogP contribution in [0.4, 0.5) is 0 Å². The molecule has 0 unspecified atom stereocenters. The van der Waals surface area contributed by atoms with Crippen molar-refractivity contribution in [2.24, 2.45) is 27.6 Å². The Balaban J connectivity index is 1.64. The van der Waals surface area contributed by atoms with Gasteiger partial charge in [-0.25, -0.2) is 0 Å². The zero-order valence-corrected chi connectivity index (χ0v) is 19.6. The molecule has 0 heterocycles. The van der Waals surface area contributed by atoms with Crippen molar-refractivity contribution in [3.05, 3.63) is 29.3 Å². The second kappa shape index (κ2) is 7.46. The molecular formula is C23H34N2O3Si. The summed E-state index contributed by atoms with van der Waals surface area (Å²) in [7, 11) is 1.65. The van der Waals surface area contributed by atoms with Crippen LogP contribution in [0.3, 0.4) is 0 Å². The van der Waals surface area contributed by atoms with Crippen LogP contribution in [0.5, 0.6) is 5.75 Å². The summed E-state index contributed by atoms with van der Waals surface area (Å²) in [6.45, 7) is 9.07. The molecule has 0 aromatic heterocycles. The Morgan fingerprint density at radius 1 is 1.07 bits per heavy atom.